The molecule has 0 amide bonds. The largest absolute Gasteiger partial charge is 0.573 e. The highest BCUT2D eigenvalue weighted by Crippen LogP contribution is 2.30. The van der Waals surface area contributed by atoms with Gasteiger partial charge in [0, 0.05) is 23.0 Å². The summed E-state index contributed by atoms with van der Waals surface area (Å²) in [7, 11) is 0. The highest BCUT2D eigenvalue weighted by Gasteiger charge is 2.31. The van der Waals surface area contributed by atoms with Gasteiger partial charge in [-0.25, -0.2) is 9.36 Å². The van der Waals surface area contributed by atoms with Crippen LogP contribution in [0, 0.1) is 0 Å². The molecule has 0 saturated heterocycles. The number of hydrogen-bond donors (Lipinski definition) is 0. The third-order valence-corrected chi connectivity index (χ3v) is 6.30. The maximum absolute atomic E-state index is 13.3. The summed E-state index contributed by atoms with van der Waals surface area (Å²) < 4.78 is 51.9. The van der Waals surface area contributed by atoms with Crippen LogP contribution in [0.2, 0.25) is 5.02 Å². The van der Waals surface area contributed by atoms with Crippen molar-refractivity contribution in [2.24, 2.45) is 0 Å². The zero-order valence-corrected chi connectivity index (χ0v) is 22.6. The van der Waals surface area contributed by atoms with E-state index in [0.717, 1.165) is 22.3 Å². The van der Waals surface area contributed by atoms with Crippen molar-refractivity contribution in [3.63, 3.8) is 0 Å². The van der Waals surface area contributed by atoms with E-state index in [1.165, 1.54) is 21.3 Å². The van der Waals surface area contributed by atoms with E-state index in [0.29, 0.717) is 10.4 Å². The smallest absolute Gasteiger partial charge is 0.425 e. The summed E-state index contributed by atoms with van der Waals surface area (Å²) in [5.41, 5.74) is -0.154. The topological polar surface area (TPSA) is 80.3 Å². The van der Waals surface area contributed by atoms with Crippen LogP contribution in [0.4, 0.5) is 13.2 Å². The van der Waals surface area contributed by atoms with E-state index in [9.17, 15) is 22.8 Å². The van der Waals surface area contributed by atoms with Crippen LogP contribution in [0.5, 0.6) is 17.5 Å². The first kappa shape index (κ1) is 26.5. The number of rotatable bonds is 8. The van der Waals surface area contributed by atoms with Crippen LogP contribution >= 0.6 is 50.1 Å². The van der Waals surface area contributed by atoms with E-state index >= 15 is 0 Å². The molecular formula is C22H16BrClF3IN4O4. The van der Waals surface area contributed by atoms with Crippen molar-refractivity contribution in [3.05, 3.63) is 80.0 Å². The maximum atomic E-state index is 13.3. The lowest BCUT2D eigenvalue weighted by molar-refractivity contribution is -0.274. The molecule has 0 N–H and O–H groups in total. The van der Waals surface area contributed by atoms with Gasteiger partial charge >= 0.3 is 18.1 Å². The number of hydrogen-bond acceptors (Lipinski definition) is 5. The van der Waals surface area contributed by atoms with Crippen LogP contribution in [0.25, 0.3) is 11.2 Å². The highest BCUT2D eigenvalue weighted by molar-refractivity contribution is 14.1. The Balaban J connectivity index is 1.91. The lowest BCUT2D eigenvalue weighted by Crippen LogP contribution is -2.40. The molecule has 0 aliphatic rings. The second-order valence-corrected chi connectivity index (χ2v) is 9.29. The summed E-state index contributed by atoms with van der Waals surface area (Å²) in [6.07, 6.45) is -4.88. The fourth-order valence-electron chi connectivity index (χ4n) is 3.50. The molecule has 14 heteroatoms. The quantitative estimate of drug-likeness (QED) is 0.178. The molecule has 0 saturated carbocycles. The second-order valence-electron chi connectivity index (χ2n) is 7.38. The van der Waals surface area contributed by atoms with Gasteiger partial charge in [0.05, 0.1) is 11.1 Å². The van der Waals surface area contributed by atoms with Crippen molar-refractivity contribution >= 4 is 61.3 Å². The molecule has 2 heterocycles. The molecule has 0 radical (unpaired) electrons. The number of alkyl halides is 5. The minimum Gasteiger partial charge on any atom is -0.425 e. The number of aromatic nitrogens is 4. The molecule has 36 heavy (non-hydrogen) atoms. The maximum Gasteiger partial charge on any atom is 0.573 e. The minimum atomic E-state index is -4.88. The minimum absolute atomic E-state index is 0.00647. The normalized spacial score (nSPS) is 11.7. The molecule has 0 aliphatic carbocycles. The van der Waals surface area contributed by atoms with Gasteiger partial charge in [-0.05, 0) is 29.8 Å². The van der Waals surface area contributed by atoms with Gasteiger partial charge in [0.15, 0.2) is 11.2 Å². The molecule has 0 unspecified atom stereocenters. The average Bonchev–Trinajstić information content (AvgIpc) is 3.15. The first-order valence-electron chi connectivity index (χ1n) is 10.2. The molecule has 2 aromatic carbocycles. The Hall–Kier alpha value is -2.52. The van der Waals surface area contributed by atoms with Gasteiger partial charge in [-0.15, -0.1) is 13.2 Å². The Morgan fingerprint density at radius 1 is 1.03 bits per heavy atom. The molecule has 190 valence electrons. The van der Waals surface area contributed by atoms with E-state index in [2.05, 4.69) is 25.7 Å². The summed E-state index contributed by atoms with van der Waals surface area (Å²) in [6, 6.07) is 11.7. The van der Waals surface area contributed by atoms with Crippen molar-refractivity contribution in [2.45, 2.75) is 24.0 Å². The number of fused-ring (bicyclic) bond motifs is 1. The van der Waals surface area contributed by atoms with Crippen LogP contribution in [-0.4, -0.2) is 30.4 Å². The zero-order chi connectivity index (χ0) is 26.0. The van der Waals surface area contributed by atoms with Gasteiger partial charge in [0.1, 0.15) is 11.5 Å². The molecule has 4 rings (SSSR count). The highest BCUT2D eigenvalue weighted by atomic mass is 127. The molecule has 8 nitrogen and oxygen atoms in total. The van der Waals surface area contributed by atoms with Crippen LogP contribution in [-0.2, 0) is 17.6 Å². The standard InChI is InChI=1S/C22H16BrClF3IN4O4/c23-8-9-30-18-17(19(33)32(12-28)21(30)34)31(11-13-4-6-14(24)7-5-13)20(29-18)35-15-2-1-3-16(10-15)36-22(25,26)27/h1-7,10H,8-9,11-12H2. The first-order chi connectivity index (χ1) is 17.1. The molecule has 4 aromatic rings. The van der Waals surface area contributed by atoms with Crippen LogP contribution in [0.1, 0.15) is 5.56 Å². The molecule has 0 fully saturated rings. The summed E-state index contributed by atoms with van der Waals surface area (Å²) in [6.45, 7) is 0.337. The Labute approximate surface area is 228 Å². The Bertz CT molecular complexity index is 1520. The van der Waals surface area contributed by atoms with E-state index < -0.39 is 23.4 Å². The predicted molar refractivity (Wildman–Crippen MR) is 140 cm³/mol. The van der Waals surface area contributed by atoms with Gasteiger partial charge in [0.25, 0.3) is 5.56 Å². The molecule has 2 aromatic heterocycles. The van der Waals surface area contributed by atoms with E-state index in [1.54, 1.807) is 24.3 Å². The summed E-state index contributed by atoms with van der Waals surface area (Å²) in [5, 5.41) is 0.934. The zero-order valence-electron chi connectivity index (χ0n) is 18.1. The number of imidazole rings is 1. The summed E-state index contributed by atoms with van der Waals surface area (Å²) >= 11 is 11.2. The van der Waals surface area contributed by atoms with Gasteiger partial charge in [-0.2, -0.15) is 4.98 Å². The molecule has 0 spiro atoms. The van der Waals surface area contributed by atoms with Crippen molar-refractivity contribution in [1.82, 2.24) is 18.7 Å². The summed E-state index contributed by atoms with van der Waals surface area (Å²) in [5.74, 6) is -0.489. The summed E-state index contributed by atoms with van der Waals surface area (Å²) in [4.78, 5) is 30.7. The molecule has 0 aliphatic heterocycles. The fraction of sp³-hybridized carbons (Fsp3) is 0.227. The Morgan fingerprint density at radius 2 is 1.72 bits per heavy atom. The fourth-order valence-corrected chi connectivity index (χ4v) is 4.58. The van der Waals surface area contributed by atoms with Crippen LogP contribution < -0.4 is 20.7 Å². The number of aryl methyl sites for hydroxylation is 1. The van der Waals surface area contributed by atoms with Gasteiger partial charge in [-0.1, -0.05) is 68.3 Å². The SMILES string of the molecule is O=c1c2c(nc(Oc3cccc(OC(F)(F)F)c3)n2Cc2ccc(Cl)cc2)n(CCBr)c(=O)n1CI. The average molecular weight is 700 g/mol. The van der Waals surface area contributed by atoms with Gasteiger partial charge < -0.3 is 9.47 Å². The first-order valence-corrected chi connectivity index (χ1v) is 13.3. The van der Waals surface area contributed by atoms with Crippen molar-refractivity contribution < 1.29 is 22.6 Å². The lowest BCUT2D eigenvalue weighted by atomic mass is 10.2. The molecule has 0 atom stereocenters. The Morgan fingerprint density at radius 3 is 2.36 bits per heavy atom. The van der Waals surface area contributed by atoms with Crippen molar-refractivity contribution in [1.29, 1.82) is 0 Å². The number of halogens is 6. The van der Waals surface area contributed by atoms with Gasteiger partial charge in [-0.3, -0.25) is 13.9 Å². The van der Waals surface area contributed by atoms with Crippen molar-refractivity contribution in [2.75, 3.05) is 5.33 Å². The van der Waals surface area contributed by atoms with E-state index in [-0.39, 0.29) is 40.6 Å². The monoisotopic (exact) mass is 698 g/mol. The lowest BCUT2D eigenvalue weighted by Gasteiger charge is -2.12. The number of ether oxygens (including phenoxy) is 2. The number of benzene rings is 2. The van der Waals surface area contributed by atoms with Crippen LogP contribution in [0.15, 0.2) is 58.1 Å². The predicted octanol–water partition coefficient (Wildman–Crippen LogP) is 5.54. The van der Waals surface area contributed by atoms with Crippen molar-refractivity contribution in [3.8, 4) is 17.5 Å². The Kier molecular flexibility index (Phi) is 7.99. The van der Waals surface area contributed by atoms with E-state index in [4.69, 9.17) is 16.3 Å². The third kappa shape index (κ3) is 5.72. The molecule has 0 bridgehead atoms. The second kappa shape index (κ2) is 10.8. The molecular weight excluding hydrogens is 684 g/mol. The number of nitrogens with zero attached hydrogens (tertiary/aromatic N) is 4. The van der Waals surface area contributed by atoms with Crippen LogP contribution in [0.3, 0.4) is 0 Å². The third-order valence-electron chi connectivity index (χ3n) is 5.01. The van der Waals surface area contributed by atoms with E-state index in [1.807, 2.05) is 22.6 Å². The van der Waals surface area contributed by atoms with Gasteiger partial charge in [0.2, 0.25) is 0 Å².